The molecule has 4 rings (SSSR count). The predicted molar refractivity (Wildman–Crippen MR) is 121 cm³/mol. The standard InChI is InChI=1S/C22H13Br3N2/c23-17-8-6-14(7-9-17)20-13-21(16-10-18(24)12-19(25)11-16)27-22(26-20)15-4-2-1-3-5-15/h1-13H. The van der Waals surface area contributed by atoms with Crippen molar-refractivity contribution < 1.29 is 0 Å². The Balaban J connectivity index is 1.92. The highest BCUT2D eigenvalue weighted by atomic mass is 79.9. The molecule has 0 N–H and O–H groups in total. The second kappa shape index (κ2) is 8.05. The van der Waals surface area contributed by atoms with Crippen LogP contribution in [0.15, 0.2) is 92.3 Å². The molecule has 0 radical (unpaired) electrons. The van der Waals surface area contributed by atoms with Crippen molar-refractivity contribution in [1.29, 1.82) is 0 Å². The molecule has 2 nitrogen and oxygen atoms in total. The van der Waals surface area contributed by atoms with Crippen molar-refractivity contribution in [3.63, 3.8) is 0 Å². The van der Waals surface area contributed by atoms with Crippen LogP contribution >= 0.6 is 47.8 Å². The van der Waals surface area contributed by atoms with E-state index >= 15 is 0 Å². The quantitative estimate of drug-likeness (QED) is 0.263. The Morgan fingerprint density at radius 1 is 0.481 bits per heavy atom. The molecule has 27 heavy (non-hydrogen) atoms. The normalized spacial score (nSPS) is 10.8. The van der Waals surface area contributed by atoms with Crippen LogP contribution in [-0.2, 0) is 0 Å². The summed E-state index contributed by atoms with van der Waals surface area (Å²) in [5, 5.41) is 0. The monoisotopic (exact) mass is 542 g/mol. The molecule has 0 atom stereocenters. The number of benzene rings is 3. The topological polar surface area (TPSA) is 25.8 Å². The zero-order chi connectivity index (χ0) is 18.8. The lowest BCUT2D eigenvalue weighted by Gasteiger charge is -2.10. The largest absolute Gasteiger partial charge is 0.228 e. The third-order valence-electron chi connectivity index (χ3n) is 4.06. The molecule has 0 aliphatic rings. The molecular formula is C22H13Br3N2. The van der Waals surface area contributed by atoms with Gasteiger partial charge in [0.1, 0.15) is 0 Å². The van der Waals surface area contributed by atoms with Crippen LogP contribution in [-0.4, -0.2) is 9.97 Å². The first-order valence-electron chi connectivity index (χ1n) is 8.25. The molecule has 0 aliphatic heterocycles. The van der Waals surface area contributed by atoms with Gasteiger partial charge in [0.25, 0.3) is 0 Å². The Kier molecular flexibility index (Phi) is 5.53. The van der Waals surface area contributed by atoms with E-state index in [1.165, 1.54) is 0 Å². The number of halogens is 3. The average Bonchev–Trinajstić information content (AvgIpc) is 2.68. The van der Waals surface area contributed by atoms with E-state index in [2.05, 4.69) is 72.1 Å². The minimum Gasteiger partial charge on any atom is -0.228 e. The summed E-state index contributed by atoms with van der Waals surface area (Å²) in [6, 6.07) is 26.4. The van der Waals surface area contributed by atoms with Gasteiger partial charge in [0.2, 0.25) is 0 Å². The number of hydrogen-bond acceptors (Lipinski definition) is 2. The first-order valence-corrected chi connectivity index (χ1v) is 10.6. The maximum atomic E-state index is 4.84. The van der Waals surface area contributed by atoms with E-state index in [0.717, 1.165) is 41.5 Å². The van der Waals surface area contributed by atoms with E-state index < -0.39 is 0 Å². The van der Waals surface area contributed by atoms with Crippen molar-refractivity contribution in [2.45, 2.75) is 0 Å². The van der Waals surface area contributed by atoms with Crippen molar-refractivity contribution in [2.24, 2.45) is 0 Å². The molecule has 0 saturated carbocycles. The van der Waals surface area contributed by atoms with Crippen molar-refractivity contribution in [2.75, 3.05) is 0 Å². The van der Waals surface area contributed by atoms with Crippen molar-refractivity contribution >= 4 is 47.8 Å². The second-order valence-electron chi connectivity index (χ2n) is 5.99. The third kappa shape index (κ3) is 4.37. The maximum Gasteiger partial charge on any atom is 0.160 e. The summed E-state index contributed by atoms with van der Waals surface area (Å²) >= 11 is 10.6. The Hall–Kier alpha value is -1.82. The lowest BCUT2D eigenvalue weighted by molar-refractivity contribution is 1.18. The summed E-state index contributed by atoms with van der Waals surface area (Å²) < 4.78 is 3.04. The van der Waals surface area contributed by atoms with E-state index in [-0.39, 0.29) is 0 Å². The highest BCUT2D eigenvalue weighted by Gasteiger charge is 2.11. The fourth-order valence-electron chi connectivity index (χ4n) is 2.78. The van der Waals surface area contributed by atoms with Gasteiger partial charge in [0, 0.05) is 30.1 Å². The molecule has 3 aromatic carbocycles. The van der Waals surface area contributed by atoms with Gasteiger partial charge in [-0.2, -0.15) is 0 Å². The van der Waals surface area contributed by atoms with Crippen LogP contribution < -0.4 is 0 Å². The van der Waals surface area contributed by atoms with Gasteiger partial charge in [0.15, 0.2) is 5.82 Å². The molecule has 5 heteroatoms. The van der Waals surface area contributed by atoms with E-state index in [1.54, 1.807) is 0 Å². The number of aromatic nitrogens is 2. The molecule has 1 aromatic heterocycles. The van der Waals surface area contributed by atoms with Gasteiger partial charge in [-0.1, -0.05) is 90.3 Å². The van der Waals surface area contributed by atoms with Gasteiger partial charge in [-0.3, -0.25) is 0 Å². The van der Waals surface area contributed by atoms with E-state index in [1.807, 2.05) is 54.6 Å². The van der Waals surface area contributed by atoms with Crippen molar-refractivity contribution in [3.8, 4) is 33.9 Å². The molecule has 0 amide bonds. The lowest BCUT2D eigenvalue weighted by atomic mass is 10.1. The van der Waals surface area contributed by atoms with Gasteiger partial charge >= 0.3 is 0 Å². The number of nitrogens with zero attached hydrogens (tertiary/aromatic N) is 2. The Labute approximate surface area is 183 Å². The van der Waals surface area contributed by atoms with Crippen LogP contribution in [0.1, 0.15) is 0 Å². The molecule has 0 saturated heterocycles. The molecule has 0 aliphatic carbocycles. The molecule has 0 spiro atoms. The van der Waals surface area contributed by atoms with Crippen LogP contribution in [0.2, 0.25) is 0 Å². The highest BCUT2D eigenvalue weighted by molar-refractivity contribution is 9.11. The molecule has 0 fully saturated rings. The van der Waals surface area contributed by atoms with E-state index in [0.29, 0.717) is 5.82 Å². The Morgan fingerprint density at radius 2 is 1.07 bits per heavy atom. The molecule has 4 aromatic rings. The smallest absolute Gasteiger partial charge is 0.160 e. The highest BCUT2D eigenvalue weighted by Crippen LogP contribution is 2.31. The summed E-state index contributed by atoms with van der Waals surface area (Å²) in [5.74, 6) is 0.710. The lowest BCUT2D eigenvalue weighted by Crippen LogP contribution is -1.96. The van der Waals surface area contributed by atoms with Crippen LogP contribution in [0, 0.1) is 0 Å². The van der Waals surface area contributed by atoms with Crippen LogP contribution in [0.3, 0.4) is 0 Å². The first-order chi connectivity index (χ1) is 13.1. The Morgan fingerprint density at radius 3 is 1.70 bits per heavy atom. The van der Waals surface area contributed by atoms with Gasteiger partial charge in [-0.05, 0) is 36.4 Å². The summed E-state index contributed by atoms with van der Waals surface area (Å²) in [7, 11) is 0. The SMILES string of the molecule is Brc1ccc(-c2cc(-c3cc(Br)cc(Br)c3)nc(-c3ccccc3)n2)cc1. The average molecular weight is 545 g/mol. The molecular weight excluding hydrogens is 532 g/mol. The summed E-state index contributed by atoms with van der Waals surface area (Å²) in [5.41, 5.74) is 4.83. The zero-order valence-corrected chi connectivity index (χ0v) is 18.8. The second-order valence-corrected chi connectivity index (χ2v) is 8.74. The Bertz CT molecular complexity index is 1070. The fraction of sp³-hybridized carbons (Fsp3) is 0. The predicted octanol–water partition coefficient (Wildman–Crippen LogP) is 7.77. The molecule has 0 unspecified atom stereocenters. The van der Waals surface area contributed by atoms with Gasteiger partial charge in [-0.25, -0.2) is 9.97 Å². The molecule has 0 bridgehead atoms. The maximum absolute atomic E-state index is 4.84. The van der Waals surface area contributed by atoms with Crippen LogP contribution in [0.25, 0.3) is 33.9 Å². The fourth-order valence-corrected chi connectivity index (χ4v) is 4.34. The molecule has 1 heterocycles. The number of rotatable bonds is 3. The molecule has 132 valence electrons. The van der Waals surface area contributed by atoms with Gasteiger partial charge < -0.3 is 0 Å². The van der Waals surface area contributed by atoms with Crippen molar-refractivity contribution in [1.82, 2.24) is 9.97 Å². The van der Waals surface area contributed by atoms with Crippen LogP contribution in [0.5, 0.6) is 0 Å². The first kappa shape index (κ1) is 18.5. The third-order valence-corrected chi connectivity index (χ3v) is 5.50. The van der Waals surface area contributed by atoms with Gasteiger partial charge in [0.05, 0.1) is 11.4 Å². The summed E-state index contributed by atoms with van der Waals surface area (Å²) in [6.07, 6.45) is 0. The van der Waals surface area contributed by atoms with Crippen LogP contribution in [0.4, 0.5) is 0 Å². The summed E-state index contributed by atoms with van der Waals surface area (Å²) in [6.45, 7) is 0. The van der Waals surface area contributed by atoms with E-state index in [9.17, 15) is 0 Å². The minimum atomic E-state index is 0.710. The zero-order valence-electron chi connectivity index (χ0n) is 14.0. The number of hydrogen-bond donors (Lipinski definition) is 0. The summed E-state index contributed by atoms with van der Waals surface area (Å²) in [4.78, 5) is 9.66. The van der Waals surface area contributed by atoms with Crippen molar-refractivity contribution in [3.05, 3.63) is 92.3 Å². The van der Waals surface area contributed by atoms with E-state index in [4.69, 9.17) is 9.97 Å². The van der Waals surface area contributed by atoms with Gasteiger partial charge in [-0.15, -0.1) is 0 Å². The minimum absolute atomic E-state index is 0.710.